The molecular weight excluding hydrogens is 265 g/mol. The molecule has 0 saturated carbocycles. The lowest BCUT2D eigenvalue weighted by molar-refractivity contribution is 0.0951. The van der Waals surface area contributed by atoms with Crippen LogP contribution in [0.3, 0.4) is 0 Å². The maximum Gasteiger partial charge on any atom is 0.251 e. The van der Waals surface area contributed by atoms with Gasteiger partial charge in [0.25, 0.3) is 5.91 Å². The van der Waals surface area contributed by atoms with Gasteiger partial charge in [-0.25, -0.2) is 4.39 Å². The van der Waals surface area contributed by atoms with Gasteiger partial charge in [-0.15, -0.1) is 0 Å². The molecule has 3 heteroatoms. The Morgan fingerprint density at radius 1 is 1.10 bits per heavy atom. The average molecular weight is 285 g/mol. The molecule has 0 fully saturated rings. The minimum absolute atomic E-state index is 0.138. The van der Waals surface area contributed by atoms with Crippen molar-refractivity contribution < 1.29 is 9.18 Å². The molecule has 0 saturated heterocycles. The van der Waals surface area contributed by atoms with E-state index in [1.54, 1.807) is 12.1 Å². The predicted octanol–water partition coefficient (Wildman–Crippen LogP) is 4.10. The van der Waals surface area contributed by atoms with Crippen molar-refractivity contribution in [1.29, 1.82) is 0 Å². The molecule has 0 heterocycles. The van der Waals surface area contributed by atoms with Gasteiger partial charge in [0.1, 0.15) is 5.82 Å². The lowest BCUT2D eigenvalue weighted by Crippen LogP contribution is -2.22. The first-order valence-electron chi connectivity index (χ1n) is 7.30. The molecule has 21 heavy (non-hydrogen) atoms. The van der Waals surface area contributed by atoms with Gasteiger partial charge in [-0.2, -0.15) is 0 Å². The van der Waals surface area contributed by atoms with Crippen LogP contribution in [0.1, 0.15) is 41.3 Å². The van der Waals surface area contributed by atoms with E-state index in [0.29, 0.717) is 12.1 Å². The molecule has 2 aromatic carbocycles. The smallest absolute Gasteiger partial charge is 0.251 e. The summed E-state index contributed by atoms with van der Waals surface area (Å²) in [6.07, 6.45) is 3.36. The van der Waals surface area contributed by atoms with Crippen molar-refractivity contribution in [3.63, 3.8) is 0 Å². The second-order valence-corrected chi connectivity index (χ2v) is 5.11. The fraction of sp³-hybridized carbons (Fsp3) is 0.278. The van der Waals surface area contributed by atoms with Crippen LogP contribution in [0.4, 0.5) is 4.39 Å². The third kappa shape index (κ3) is 4.71. The number of rotatable bonds is 6. The number of hydrogen-bond donors (Lipinski definition) is 1. The van der Waals surface area contributed by atoms with Crippen molar-refractivity contribution in [2.75, 3.05) is 0 Å². The highest BCUT2D eigenvalue weighted by molar-refractivity contribution is 5.94. The number of hydrogen-bond acceptors (Lipinski definition) is 1. The molecular formula is C18H20FNO. The van der Waals surface area contributed by atoms with Crippen LogP contribution in [0.15, 0.2) is 48.5 Å². The van der Waals surface area contributed by atoms with E-state index in [1.807, 2.05) is 24.3 Å². The normalized spacial score (nSPS) is 10.4. The van der Waals surface area contributed by atoms with Gasteiger partial charge in [0, 0.05) is 12.1 Å². The number of halogens is 1. The van der Waals surface area contributed by atoms with Crippen molar-refractivity contribution in [2.24, 2.45) is 0 Å². The molecule has 0 unspecified atom stereocenters. The first-order chi connectivity index (χ1) is 10.2. The van der Waals surface area contributed by atoms with E-state index in [4.69, 9.17) is 0 Å². The Hall–Kier alpha value is -2.16. The molecule has 1 N–H and O–H groups in total. The zero-order valence-corrected chi connectivity index (χ0v) is 12.2. The van der Waals surface area contributed by atoms with E-state index in [2.05, 4.69) is 12.2 Å². The van der Waals surface area contributed by atoms with Crippen LogP contribution >= 0.6 is 0 Å². The number of aryl methyl sites for hydroxylation is 1. The molecule has 0 aliphatic carbocycles. The Morgan fingerprint density at radius 3 is 2.52 bits per heavy atom. The van der Waals surface area contributed by atoms with Crippen LogP contribution in [0.2, 0.25) is 0 Å². The monoisotopic (exact) mass is 285 g/mol. The summed E-state index contributed by atoms with van der Waals surface area (Å²) in [6.45, 7) is 2.49. The number of amides is 1. The minimum Gasteiger partial charge on any atom is -0.348 e. The molecule has 2 nitrogen and oxygen atoms in total. The zero-order valence-electron chi connectivity index (χ0n) is 12.2. The summed E-state index contributed by atoms with van der Waals surface area (Å²) >= 11 is 0. The summed E-state index contributed by atoms with van der Waals surface area (Å²) in [5, 5.41) is 2.80. The van der Waals surface area contributed by atoms with E-state index >= 15 is 0 Å². The second-order valence-electron chi connectivity index (χ2n) is 5.11. The summed E-state index contributed by atoms with van der Waals surface area (Å²) in [7, 11) is 0. The topological polar surface area (TPSA) is 29.1 Å². The number of unbranched alkanes of at least 4 members (excludes halogenated alkanes) is 1. The van der Waals surface area contributed by atoms with E-state index < -0.39 is 0 Å². The Labute approximate surface area is 125 Å². The van der Waals surface area contributed by atoms with Gasteiger partial charge >= 0.3 is 0 Å². The molecule has 0 aliphatic rings. The van der Waals surface area contributed by atoms with Crippen molar-refractivity contribution >= 4 is 5.91 Å². The van der Waals surface area contributed by atoms with Crippen molar-refractivity contribution in [1.82, 2.24) is 5.32 Å². The van der Waals surface area contributed by atoms with Gasteiger partial charge in [-0.1, -0.05) is 37.6 Å². The maximum atomic E-state index is 13.0. The van der Waals surface area contributed by atoms with Crippen LogP contribution in [-0.4, -0.2) is 5.91 Å². The fourth-order valence-electron chi connectivity index (χ4n) is 2.14. The maximum absolute atomic E-state index is 13.0. The number of carbonyl (C=O) groups excluding carboxylic acids is 1. The van der Waals surface area contributed by atoms with Crippen LogP contribution in [-0.2, 0) is 13.0 Å². The highest BCUT2D eigenvalue weighted by atomic mass is 19.1. The zero-order chi connectivity index (χ0) is 15.1. The quantitative estimate of drug-likeness (QED) is 0.850. The molecule has 0 bridgehead atoms. The SMILES string of the molecule is CCCCc1ccc(C(=O)NCc2cccc(F)c2)cc1. The summed E-state index contributed by atoms with van der Waals surface area (Å²) in [6, 6.07) is 13.9. The minimum atomic E-state index is -0.290. The van der Waals surface area contributed by atoms with Crippen molar-refractivity contribution in [3.8, 4) is 0 Å². The Kier molecular flexibility index (Phi) is 5.50. The van der Waals surface area contributed by atoms with Gasteiger partial charge in [0.05, 0.1) is 0 Å². The van der Waals surface area contributed by atoms with E-state index in [-0.39, 0.29) is 11.7 Å². The first kappa shape index (κ1) is 15.2. The summed E-state index contributed by atoms with van der Waals surface area (Å²) in [5.74, 6) is -0.427. The molecule has 0 spiro atoms. The van der Waals surface area contributed by atoms with Crippen LogP contribution in [0, 0.1) is 5.82 Å². The summed E-state index contributed by atoms with van der Waals surface area (Å²) in [5.41, 5.74) is 2.63. The summed E-state index contributed by atoms with van der Waals surface area (Å²) in [4.78, 5) is 12.0. The van der Waals surface area contributed by atoms with Crippen LogP contribution in [0.5, 0.6) is 0 Å². The molecule has 1 amide bonds. The molecule has 0 atom stereocenters. The molecule has 0 aromatic heterocycles. The van der Waals surface area contributed by atoms with Gasteiger partial charge < -0.3 is 5.32 Å². The number of nitrogens with one attached hydrogen (secondary N) is 1. The highest BCUT2D eigenvalue weighted by Crippen LogP contribution is 2.09. The van der Waals surface area contributed by atoms with Crippen molar-refractivity contribution in [3.05, 3.63) is 71.0 Å². The molecule has 110 valence electrons. The Bertz CT molecular complexity index is 592. The van der Waals surface area contributed by atoms with Crippen LogP contribution < -0.4 is 5.32 Å². The van der Waals surface area contributed by atoms with Gasteiger partial charge in [0.15, 0.2) is 0 Å². The number of carbonyl (C=O) groups is 1. The molecule has 2 aromatic rings. The standard InChI is InChI=1S/C18H20FNO/c1-2-3-5-14-8-10-16(11-9-14)18(21)20-13-15-6-4-7-17(19)12-15/h4,6-12H,2-3,5,13H2,1H3,(H,20,21). The average Bonchev–Trinajstić information content (AvgIpc) is 2.51. The third-order valence-electron chi connectivity index (χ3n) is 3.38. The van der Waals surface area contributed by atoms with Crippen molar-refractivity contribution in [2.45, 2.75) is 32.7 Å². The van der Waals surface area contributed by atoms with E-state index in [1.165, 1.54) is 17.7 Å². The Balaban J connectivity index is 1.91. The first-order valence-corrected chi connectivity index (χ1v) is 7.30. The lowest BCUT2D eigenvalue weighted by atomic mass is 10.1. The Morgan fingerprint density at radius 2 is 1.86 bits per heavy atom. The predicted molar refractivity (Wildman–Crippen MR) is 82.6 cm³/mol. The van der Waals surface area contributed by atoms with Gasteiger partial charge in [0.2, 0.25) is 0 Å². The van der Waals surface area contributed by atoms with Gasteiger partial charge in [-0.05, 0) is 48.2 Å². The lowest BCUT2D eigenvalue weighted by Gasteiger charge is -2.06. The highest BCUT2D eigenvalue weighted by Gasteiger charge is 2.05. The third-order valence-corrected chi connectivity index (χ3v) is 3.38. The van der Waals surface area contributed by atoms with Crippen LogP contribution in [0.25, 0.3) is 0 Å². The summed E-state index contributed by atoms with van der Waals surface area (Å²) < 4.78 is 13.0. The number of benzene rings is 2. The van der Waals surface area contributed by atoms with Gasteiger partial charge in [-0.3, -0.25) is 4.79 Å². The second kappa shape index (κ2) is 7.58. The van der Waals surface area contributed by atoms with E-state index in [0.717, 1.165) is 24.8 Å². The molecule has 0 radical (unpaired) electrons. The molecule has 0 aliphatic heterocycles. The fourth-order valence-corrected chi connectivity index (χ4v) is 2.14. The largest absolute Gasteiger partial charge is 0.348 e. The molecule has 2 rings (SSSR count). The van der Waals surface area contributed by atoms with E-state index in [9.17, 15) is 9.18 Å².